The molecule has 1 aliphatic heterocycles. The number of para-hydroxylation sites is 2. The molecule has 4 aromatic rings. The Morgan fingerprint density at radius 3 is 2.61 bits per heavy atom. The molecule has 1 amide bonds. The first-order chi connectivity index (χ1) is 19.9. The quantitative estimate of drug-likeness (QED) is 0.176. The SMILES string of the molecule is CCOc1ccccc1NC(=O)C1=C(C)Nc2nc(SCC)nn2C1c1cc(Br)ccc1OCc1ccccc1C. The highest BCUT2D eigenvalue weighted by Crippen LogP contribution is 2.42. The highest BCUT2D eigenvalue weighted by Gasteiger charge is 2.36. The van der Waals surface area contributed by atoms with Gasteiger partial charge in [0.2, 0.25) is 11.1 Å². The van der Waals surface area contributed by atoms with E-state index in [2.05, 4.69) is 52.5 Å². The van der Waals surface area contributed by atoms with Gasteiger partial charge in [-0.05, 0) is 68.0 Å². The second kappa shape index (κ2) is 12.8. The highest BCUT2D eigenvalue weighted by molar-refractivity contribution is 9.10. The number of anilines is 2. The number of thioether (sulfide) groups is 1. The molecule has 41 heavy (non-hydrogen) atoms. The molecule has 5 rings (SSSR count). The summed E-state index contributed by atoms with van der Waals surface area (Å²) >= 11 is 5.18. The number of carbonyl (C=O) groups excluding carboxylic acids is 1. The number of halogens is 1. The van der Waals surface area contributed by atoms with Crippen molar-refractivity contribution in [3.05, 3.63) is 99.2 Å². The zero-order valence-corrected chi connectivity index (χ0v) is 25.8. The molecule has 10 heteroatoms. The molecule has 1 aliphatic rings. The van der Waals surface area contributed by atoms with Crippen molar-refractivity contribution in [3.8, 4) is 11.5 Å². The van der Waals surface area contributed by atoms with E-state index in [4.69, 9.17) is 19.6 Å². The molecule has 2 N–H and O–H groups in total. The van der Waals surface area contributed by atoms with Crippen molar-refractivity contribution in [2.75, 3.05) is 23.0 Å². The number of rotatable bonds is 10. The third-order valence-electron chi connectivity index (χ3n) is 6.70. The Labute approximate surface area is 252 Å². The molecule has 0 spiro atoms. The van der Waals surface area contributed by atoms with E-state index in [0.29, 0.717) is 52.8 Å². The van der Waals surface area contributed by atoms with Gasteiger partial charge in [0.15, 0.2) is 0 Å². The van der Waals surface area contributed by atoms with E-state index in [1.165, 1.54) is 0 Å². The lowest BCUT2D eigenvalue weighted by Crippen LogP contribution is -2.32. The standard InChI is InChI=1S/C31H32BrN5O3S/c1-5-39-26-14-10-9-13-24(26)34-29(38)27-20(4)33-30-35-31(41-6-2)36-37(30)28(27)23-17-22(32)15-16-25(23)40-18-21-12-8-7-11-19(21)3/h7-17,28H,5-6,18H2,1-4H3,(H,34,38)(H,33,35,36). The monoisotopic (exact) mass is 633 g/mol. The van der Waals surface area contributed by atoms with Gasteiger partial charge in [-0.2, -0.15) is 4.98 Å². The molecule has 0 saturated carbocycles. The third-order valence-corrected chi connectivity index (χ3v) is 7.91. The zero-order chi connectivity index (χ0) is 28.9. The summed E-state index contributed by atoms with van der Waals surface area (Å²) in [5.41, 5.74) is 4.80. The molecule has 1 unspecified atom stereocenters. The minimum absolute atomic E-state index is 0.275. The molecule has 212 valence electrons. The Morgan fingerprint density at radius 2 is 1.83 bits per heavy atom. The van der Waals surface area contributed by atoms with Crippen molar-refractivity contribution in [1.29, 1.82) is 0 Å². The summed E-state index contributed by atoms with van der Waals surface area (Å²) in [6.45, 7) is 8.79. The van der Waals surface area contributed by atoms with Crippen LogP contribution in [-0.2, 0) is 11.4 Å². The molecule has 0 fully saturated rings. The molecule has 3 aromatic carbocycles. The number of aromatic nitrogens is 3. The van der Waals surface area contributed by atoms with E-state index >= 15 is 0 Å². The smallest absolute Gasteiger partial charge is 0.255 e. The predicted molar refractivity (Wildman–Crippen MR) is 167 cm³/mol. The Kier molecular flexibility index (Phi) is 8.99. The lowest BCUT2D eigenvalue weighted by Gasteiger charge is -2.30. The van der Waals surface area contributed by atoms with E-state index in [0.717, 1.165) is 26.9 Å². The predicted octanol–water partition coefficient (Wildman–Crippen LogP) is 7.37. The zero-order valence-electron chi connectivity index (χ0n) is 23.4. The van der Waals surface area contributed by atoms with E-state index in [1.54, 1.807) is 16.4 Å². The van der Waals surface area contributed by atoms with Crippen LogP contribution in [0, 0.1) is 6.92 Å². The maximum Gasteiger partial charge on any atom is 0.255 e. The fourth-order valence-electron chi connectivity index (χ4n) is 4.74. The largest absolute Gasteiger partial charge is 0.492 e. The average Bonchev–Trinajstić information content (AvgIpc) is 3.35. The maximum absolute atomic E-state index is 14.1. The molecular weight excluding hydrogens is 602 g/mol. The number of hydrogen-bond acceptors (Lipinski definition) is 7. The van der Waals surface area contributed by atoms with Gasteiger partial charge in [-0.1, -0.05) is 71.0 Å². The van der Waals surface area contributed by atoms with Crippen LogP contribution in [0.1, 0.15) is 43.5 Å². The summed E-state index contributed by atoms with van der Waals surface area (Å²) in [5.74, 6) is 2.38. The second-order valence-electron chi connectivity index (χ2n) is 9.44. The van der Waals surface area contributed by atoms with E-state index in [1.807, 2.05) is 68.4 Å². The van der Waals surface area contributed by atoms with Crippen molar-refractivity contribution < 1.29 is 14.3 Å². The number of fused-ring (bicyclic) bond motifs is 1. The number of nitrogens with one attached hydrogen (secondary N) is 2. The van der Waals surface area contributed by atoms with Crippen LogP contribution >= 0.6 is 27.7 Å². The van der Waals surface area contributed by atoms with E-state index < -0.39 is 6.04 Å². The first-order valence-corrected chi connectivity index (χ1v) is 15.2. The molecular formula is C31H32BrN5O3S. The Morgan fingerprint density at radius 1 is 1.05 bits per heavy atom. The van der Waals surface area contributed by atoms with Crippen LogP contribution in [0.25, 0.3) is 0 Å². The fraction of sp³-hybridized carbons (Fsp3) is 0.258. The van der Waals surface area contributed by atoms with E-state index in [9.17, 15) is 4.79 Å². The summed E-state index contributed by atoms with van der Waals surface area (Å²) in [5, 5.41) is 11.8. The summed E-state index contributed by atoms with van der Waals surface area (Å²) in [6, 6.07) is 20.8. The first kappa shape index (κ1) is 28.8. The van der Waals surface area contributed by atoms with Crippen molar-refractivity contribution in [3.63, 3.8) is 0 Å². The number of amides is 1. The van der Waals surface area contributed by atoms with Gasteiger partial charge >= 0.3 is 0 Å². The first-order valence-electron chi connectivity index (χ1n) is 13.5. The third kappa shape index (κ3) is 6.28. The molecule has 0 aliphatic carbocycles. The van der Waals surface area contributed by atoms with Crippen LogP contribution in [-0.4, -0.2) is 33.0 Å². The summed E-state index contributed by atoms with van der Waals surface area (Å²) in [4.78, 5) is 18.8. The van der Waals surface area contributed by atoms with Gasteiger partial charge in [-0.3, -0.25) is 4.79 Å². The number of allylic oxidation sites excluding steroid dienone is 1. The molecule has 0 saturated heterocycles. The number of carbonyl (C=O) groups is 1. The van der Waals surface area contributed by atoms with Crippen LogP contribution in [0.3, 0.4) is 0 Å². The summed E-state index contributed by atoms with van der Waals surface area (Å²) in [6.07, 6.45) is 0. The Hall–Kier alpha value is -3.76. The van der Waals surface area contributed by atoms with Crippen LogP contribution in [0.2, 0.25) is 0 Å². The van der Waals surface area contributed by atoms with Crippen LogP contribution in [0.15, 0.2) is 87.6 Å². The summed E-state index contributed by atoms with van der Waals surface area (Å²) < 4.78 is 14.8. The Bertz CT molecular complexity index is 1600. The molecule has 1 atom stereocenters. The Balaban J connectivity index is 1.59. The molecule has 2 heterocycles. The maximum atomic E-state index is 14.1. The lowest BCUT2D eigenvalue weighted by molar-refractivity contribution is -0.113. The van der Waals surface area contributed by atoms with Crippen molar-refractivity contribution in [1.82, 2.24) is 14.8 Å². The second-order valence-corrected chi connectivity index (χ2v) is 11.6. The minimum Gasteiger partial charge on any atom is -0.492 e. The molecule has 0 bridgehead atoms. The molecule has 8 nitrogen and oxygen atoms in total. The van der Waals surface area contributed by atoms with Gasteiger partial charge in [-0.25, -0.2) is 4.68 Å². The van der Waals surface area contributed by atoms with Crippen LogP contribution in [0.4, 0.5) is 11.6 Å². The fourth-order valence-corrected chi connectivity index (χ4v) is 5.67. The number of aryl methyl sites for hydroxylation is 1. The summed E-state index contributed by atoms with van der Waals surface area (Å²) in [7, 11) is 0. The average molecular weight is 635 g/mol. The number of ether oxygens (including phenoxy) is 2. The van der Waals surface area contributed by atoms with Gasteiger partial charge < -0.3 is 20.1 Å². The van der Waals surface area contributed by atoms with Gasteiger partial charge in [-0.15, -0.1) is 5.10 Å². The van der Waals surface area contributed by atoms with Crippen LogP contribution < -0.4 is 20.1 Å². The number of benzene rings is 3. The normalized spacial score (nSPS) is 14.3. The minimum atomic E-state index is -0.603. The highest BCUT2D eigenvalue weighted by atomic mass is 79.9. The lowest BCUT2D eigenvalue weighted by atomic mass is 9.94. The van der Waals surface area contributed by atoms with Crippen molar-refractivity contribution in [2.24, 2.45) is 0 Å². The van der Waals surface area contributed by atoms with Gasteiger partial charge in [0.25, 0.3) is 5.91 Å². The molecule has 1 aromatic heterocycles. The van der Waals surface area contributed by atoms with E-state index in [-0.39, 0.29) is 5.91 Å². The van der Waals surface area contributed by atoms with Gasteiger partial charge in [0.1, 0.15) is 24.1 Å². The van der Waals surface area contributed by atoms with Gasteiger partial charge in [0, 0.05) is 15.7 Å². The number of hydrogen-bond donors (Lipinski definition) is 2. The van der Waals surface area contributed by atoms with Crippen molar-refractivity contribution in [2.45, 2.75) is 45.5 Å². The van der Waals surface area contributed by atoms with Crippen LogP contribution in [0.5, 0.6) is 11.5 Å². The van der Waals surface area contributed by atoms with Crippen molar-refractivity contribution >= 4 is 45.2 Å². The topological polar surface area (TPSA) is 90.3 Å². The van der Waals surface area contributed by atoms with Gasteiger partial charge in [0.05, 0.1) is 17.9 Å². The molecule has 0 radical (unpaired) electrons. The number of nitrogens with zero attached hydrogens (tertiary/aromatic N) is 3.